The Morgan fingerprint density at radius 3 is 2.72 bits per heavy atom. The van der Waals surface area contributed by atoms with Gasteiger partial charge in [-0.2, -0.15) is 0 Å². The first-order chi connectivity index (χ1) is 14.1. The highest BCUT2D eigenvalue weighted by molar-refractivity contribution is 7.99. The van der Waals surface area contributed by atoms with Crippen molar-refractivity contribution in [1.82, 2.24) is 19.5 Å². The van der Waals surface area contributed by atoms with Gasteiger partial charge in [0.1, 0.15) is 22.4 Å². The molecule has 3 heterocycles. The van der Waals surface area contributed by atoms with E-state index in [1.807, 2.05) is 18.2 Å². The number of pyridine rings is 2. The lowest BCUT2D eigenvalue weighted by molar-refractivity contribution is -0.116. The molecule has 0 saturated heterocycles. The fourth-order valence-corrected chi connectivity index (χ4v) is 3.43. The van der Waals surface area contributed by atoms with Crippen LogP contribution in [0.1, 0.15) is 0 Å². The second-order valence-corrected chi connectivity index (χ2v) is 7.08. The van der Waals surface area contributed by atoms with Gasteiger partial charge in [0.2, 0.25) is 5.91 Å². The van der Waals surface area contributed by atoms with E-state index in [2.05, 4.69) is 20.3 Å². The molecule has 0 fully saturated rings. The number of aromatic nitrogens is 4. The molecule has 4 rings (SSSR count). The largest absolute Gasteiger partial charge is 0.324 e. The van der Waals surface area contributed by atoms with E-state index < -0.39 is 17.3 Å². The van der Waals surface area contributed by atoms with Crippen LogP contribution in [0.15, 0.2) is 82.1 Å². The molecule has 0 spiro atoms. The van der Waals surface area contributed by atoms with Gasteiger partial charge in [-0.3, -0.25) is 14.2 Å². The molecule has 0 aliphatic rings. The van der Waals surface area contributed by atoms with E-state index in [4.69, 9.17) is 0 Å². The standard InChI is InChI=1S/C20H14FN5O2S/c21-13-4-5-16-15(9-13)20(28)26(12-24-16)11-17(27)25-14-6-8-23-19(10-14)29-18-3-1-2-7-22-18/h1-10,12H,11H2,(H,23,25,27). The van der Waals surface area contributed by atoms with Gasteiger partial charge >= 0.3 is 0 Å². The van der Waals surface area contributed by atoms with Crippen molar-refractivity contribution in [2.24, 2.45) is 0 Å². The lowest BCUT2D eigenvalue weighted by Gasteiger charge is -2.09. The van der Waals surface area contributed by atoms with Gasteiger partial charge in [0.15, 0.2) is 0 Å². The van der Waals surface area contributed by atoms with Gasteiger partial charge in [0.05, 0.1) is 17.2 Å². The number of rotatable bonds is 5. The maximum atomic E-state index is 13.4. The Labute approximate surface area is 168 Å². The first kappa shape index (κ1) is 18.8. The number of fused-ring (bicyclic) bond motifs is 1. The highest BCUT2D eigenvalue weighted by Crippen LogP contribution is 2.25. The molecule has 144 valence electrons. The second kappa shape index (κ2) is 8.19. The van der Waals surface area contributed by atoms with Crippen LogP contribution in [-0.4, -0.2) is 25.4 Å². The average molecular weight is 407 g/mol. The summed E-state index contributed by atoms with van der Waals surface area (Å²) >= 11 is 1.36. The lowest BCUT2D eigenvalue weighted by Crippen LogP contribution is -2.28. The fraction of sp³-hybridized carbons (Fsp3) is 0.0500. The van der Waals surface area contributed by atoms with Gasteiger partial charge in [-0.15, -0.1) is 0 Å². The summed E-state index contributed by atoms with van der Waals surface area (Å²) in [6.07, 6.45) is 4.54. The van der Waals surface area contributed by atoms with Crippen molar-refractivity contribution in [3.8, 4) is 0 Å². The quantitative estimate of drug-likeness (QED) is 0.547. The number of anilines is 1. The molecule has 1 amide bonds. The molecule has 9 heteroatoms. The van der Waals surface area contributed by atoms with Crippen LogP contribution in [0.5, 0.6) is 0 Å². The van der Waals surface area contributed by atoms with E-state index in [-0.39, 0.29) is 11.9 Å². The fourth-order valence-electron chi connectivity index (χ4n) is 2.66. The van der Waals surface area contributed by atoms with Crippen LogP contribution in [0, 0.1) is 5.82 Å². The van der Waals surface area contributed by atoms with E-state index in [1.54, 1.807) is 24.5 Å². The number of benzene rings is 1. The van der Waals surface area contributed by atoms with Crippen LogP contribution >= 0.6 is 11.8 Å². The number of halogens is 1. The molecule has 3 aromatic heterocycles. The van der Waals surface area contributed by atoms with E-state index in [9.17, 15) is 14.0 Å². The number of amides is 1. The van der Waals surface area contributed by atoms with Crippen LogP contribution in [-0.2, 0) is 11.3 Å². The summed E-state index contributed by atoms with van der Waals surface area (Å²) in [5.74, 6) is -0.946. The zero-order valence-electron chi connectivity index (χ0n) is 14.9. The predicted octanol–water partition coefficient (Wildman–Crippen LogP) is 3.12. The molecule has 7 nitrogen and oxygen atoms in total. The monoisotopic (exact) mass is 407 g/mol. The van der Waals surface area contributed by atoms with Crippen molar-refractivity contribution >= 4 is 34.3 Å². The maximum absolute atomic E-state index is 13.4. The number of carbonyl (C=O) groups excluding carboxylic acids is 1. The predicted molar refractivity (Wildman–Crippen MR) is 107 cm³/mol. The topological polar surface area (TPSA) is 89.8 Å². The summed E-state index contributed by atoms with van der Waals surface area (Å²) in [5, 5.41) is 4.30. The summed E-state index contributed by atoms with van der Waals surface area (Å²) in [5.41, 5.74) is 0.431. The Hall–Kier alpha value is -3.59. The van der Waals surface area contributed by atoms with Crippen LogP contribution in [0.4, 0.5) is 10.1 Å². The minimum atomic E-state index is -0.534. The van der Waals surface area contributed by atoms with E-state index in [0.29, 0.717) is 16.2 Å². The molecule has 0 bridgehead atoms. The lowest BCUT2D eigenvalue weighted by atomic mass is 10.2. The third-order valence-electron chi connectivity index (χ3n) is 3.97. The molecule has 29 heavy (non-hydrogen) atoms. The minimum Gasteiger partial charge on any atom is -0.324 e. The Morgan fingerprint density at radius 2 is 1.90 bits per heavy atom. The van der Waals surface area contributed by atoms with E-state index in [1.165, 1.54) is 30.2 Å². The molecule has 0 aliphatic carbocycles. The van der Waals surface area contributed by atoms with Crippen molar-refractivity contribution in [2.45, 2.75) is 16.6 Å². The number of nitrogens with zero attached hydrogens (tertiary/aromatic N) is 4. The van der Waals surface area contributed by atoms with Crippen molar-refractivity contribution in [2.75, 3.05) is 5.32 Å². The van der Waals surface area contributed by atoms with Crippen molar-refractivity contribution in [3.63, 3.8) is 0 Å². The summed E-state index contributed by atoms with van der Waals surface area (Å²) < 4.78 is 14.6. The van der Waals surface area contributed by atoms with Crippen molar-refractivity contribution in [3.05, 3.63) is 83.4 Å². The minimum absolute atomic E-state index is 0.123. The van der Waals surface area contributed by atoms with Gasteiger partial charge in [0.25, 0.3) is 5.56 Å². The SMILES string of the molecule is O=C(Cn1cnc2ccc(F)cc2c1=O)Nc1ccnc(Sc2ccccn2)c1. The van der Waals surface area contributed by atoms with Gasteiger partial charge in [-0.25, -0.2) is 19.3 Å². The first-order valence-corrected chi connectivity index (χ1v) is 9.40. The van der Waals surface area contributed by atoms with Crippen molar-refractivity contribution in [1.29, 1.82) is 0 Å². The average Bonchev–Trinajstić information content (AvgIpc) is 2.71. The first-order valence-electron chi connectivity index (χ1n) is 8.58. The number of hydrogen-bond acceptors (Lipinski definition) is 6. The summed E-state index contributed by atoms with van der Waals surface area (Å²) in [4.78, 5) is 37.5. The summed E-state index contributed by atoms with van der Waals surface area (Å²) in [6, 6.07) is 12.7. The Morgan fingerprint density at radius 1 is 1.03 bits per heavy atom. The van der Waals surface area contributed by atoms with Gasteiger partial charge in [-0.1, -0.05) is 17.8 Å². The van der Waals surface area contributed by atoms with Crippen LogP contribution in [0.2, 0.25) is 0 Å². The third-order valence-corrected chi connectivity index (χ3v) is 4.85. The van der Waals surface area contributed by atoms with E-state index >= 15 is 0 Å². The smallest absolute Gasteiger partial charge is 0.261 e. The molecule has 0 saturated carbocycles. The Balaban J connectivity index is 1.49. The highest BCUT2D eigenvalue weighted by atomic mass is 32.2. The maximum Gasteiger partial charge on any atom is 0.261 e. The summed E-state index contributed by atoms with van der Waals surface area (Å²) in [6.45, 7) is -0.247. The van der Waals surface area contributed by atoms with Crippen LogP contribution < -0.4 is 10.9 Å². The van der Waals surface area contributed by atoms with Gasteiger partial charge in [-0.05, 0) is 42.5 Å². The number of hydrogen-bond donors (Lipinski definition) is 1. The van der Waals surface area contributed by atoms with Crippen LogP contribution in [0.3, 0.4) is 0 Å². The number of carbonyl (C=O) groups is 1. The molecule has 1 N–H and O–H groups in total. The molecule has 0 atom stereocenters. The molecular formula is C20H14FN5O2S. The highest BCUT2D eigenvalue weighted by Gasteiger charge is 2.10. The molecule has 0 unspecified atom stereocenters. The molecular weight excluding hydrogens is 393 g/mol. The second-order valence-electron chi connectivity index (χ2n) is 6.04. The normalized spacial score (nSPS) is 10.8. The Kier molecular flexibility index (Phi) is 5.30. The zero-order chi connectivity index (χ0) is 20.2. The molecule has 1 aromatic carbocycles. The Bertz CT molecular complexity index is 1250. The molecule has 0 radical (unpaired) electrons. The van der Waals surface area contributed by atoms with Crippen molar-refractivity contribution < 1.29 is 9.18 Å². The van der Waals surface area contributed by atoms with Gasteiger partial charge < -0.3 is 5.32 Å². The molecule has 4 aromatic rings. The van der Waals surface area contributed by atoms with E-state index in [0.717, 1.165) is 15.7 Å². The van der Waals surface area contributed by atoms with Gasteiger partial charge in [0, 0.05) is 18.1 Å². The van der Waals surface area contributed by atoms with Crippen LogP contribution in [0.25, 0.3) is 10.9 Å². The number of nitrogens with one attached hydrogen (secondary N) is 1. The molecule has 0 aliphatic heterocycles. The zero-order valence-corrected chi connectivity index (χ0v) is 15.8. The third kappa shape index (κ3) is 4.46. The summed E-state index contributed by atoms with van der Waals surface area (Å²) in [7, 11) is 0.